The lowest BCUT2D eigenvalue weighted by Crippen LogP contribution is -2.28. The summed E-state index contributed by atoms with van der Waals surface area (Å²) < 4.78 is 5.23. The lowest BCUT2D eigenvalue weighted by Gasteiger charge is -2.15. The van der Waals surface area contributed by atoms with Gasteiger partial charge < -0.3 is 15.2 Å². The molecule has 0 aliphatic heterocycles. The van der Waals surface area contributed by atoms with Gasteiger partial charge in [0.25, 0.3) is 0 Å². The summed E-state index contributed by atoms with van der Waals surface area (Å²) in [5.41, 5.74) is 1.25. The third kappa shape index (κ3) is 3.95. The third-order valence-corrected chi connectivity index (χ3v) is 3.46. The van der Waals surface area contributed by atoms with Crippen molar-refractivity contribution in [1.29, 1.82) is 0 Å². The molecule has 0 spiro atoms. The third-order valence-electron chi connectivity index (χ3n) is 3.46. The van der Waals surface area contributed by atoms with Gasteiger partial charge in [-0.15, -0.1) is 0 Å². The van der Waals surface area contributed by atoms with E-state index < -0.39 is 0 Å². The van der Waals surface area contributed by atoms with E-state index in [2.05, 4.69) is 36.5 Å². The first-order valence-corrected chi connectivity index (χ1v) is 7.06. The summed E-state index contributed by atoms with van der Waals surface area (Å²) >= 11 is 0. The molecule has 0 saturated carbocycles. The van der Waals surface area contributed by atoms with E-state index in [0.717, 1.165) is 18.7 Å². The van der Waals surface area contributed by atoms with Crippen LogP contribution in [0.1, 0.15) is 25.8 Å². The van der Waals surface area contributed by atoms with Crippen LogP contribution in [0.4, 0.5) is 0 Å². The molecule has 0 heterocycles. The van der Waals surface area contributed by atoms with Gasteiger partial charge in [-0.05, 0) is 54.8 Å². The molecule has 2 N–H and O–H groups in total. The molecule has 0 saturated heterocycles. The number of aliphatic hydroxyl groups is 1. The highest BCUT2D eigenvalue weighted by atomic mass is 16.5. The van der Waals surface area contributed by atoms with Crippen LogP contribution < -0.4 is 10.1 Å². The standard InChI is InChI=1S/C17H23NO2/c1-12(8-13(2)19)18-11-14-4-5-16-10-17(20-3)7-6-15(16)9-14/h4-7,9-10,12-13,18-19H,8,11H2,1-3H3. The highest BCUT2D eigenvalue weighted by Crippen LogP contribution is 2.21. The van der Waals surface area contributed by atoms with Crippen molar-refractivity contribution in [2.24, 2.45) is 0 Å². The molecule has 108 valence electrons. The van der Waals surface area contributed by atoms with Gasteiger partial charge in [-0.3, -0.25) is 0 Å². The van der Waals surface area contributed by atoms with Gasteiger partial charge in [0.15, 0.2) is 0 Å². The van der Waals surface area contributed by atoms with E-state index in [1.54, 1.807) is 7.11 Å². The molecule has 2 atom stereocenters. The SMILES string of the molecule is COc1ccc2cc(CNC(C)CC(C)O)ccc2c1. The van der Waals surface area contributed by atoms with Crippen LogP contribution >= 0.6 is 0 Å². The van der Waals surface area contributed by atoms with Crippen LogP contribution in [-0.4, -0.2) is 24.4 Å². The van der Waals surface area contributed by atoms with Crippen LogP contribution in [0.5, 0.6) is 5.75 Å². The minimum atomic E-state index is -0.262. The van der Waals surface area contributed by atoms with Gasteiger partial charge in [0, 0.05) is 12.6 Å². The zero-order valence-corrected chi connectivity index (χ0v) is 12.4. The zero-order chi connectivity index (χ0) is 14.5. The molecule has 0 radical (unpaired) electrons. The van der Waals surface area contributed by atoms with Gasteiger partial charge in [0.05, 0.1) is 13.2 Å². The summed E-state index contributed by atoms with van der Waals surface area (Å²) in [5.74, 6) is 0.883. The van der Waals surface area contributed by atoms with Crippen LogP contribution in [0.25, 0.3) is 10.8 Å². The maximum absolute atomic E-state index is 9.36. The summed E-state index contributed by atoms with van der Waals surface area (Å²) in [5, 5.41) is 15.2. The quantitative estimate of drug-likeness (QED) is 0.850. The van der Waals surface area contributed by atoms with E-state index in [-0.39, 0.29) is 6.10 Å². The second-order valence-corrected chi connectivity index (χ2v) is 5.41. The van der Waals surface area contributed by atoms with Gasteiger partial charge in [-0.2, -0.15) is 0 Å². The van der Waals surface area contributed by atoms with Crippen molar-refractivity contribution in [3.05, 3.63) is 42.0 Å². The number of ether oxygens (including phenoxy) is 1. The fourth-order valence-electron chi connectivity index (χ4n) is 2.40. The molecule has 0 aromatic heterocycles. The maximum atomic E-state index is 9.36. The van der Waals surface area contributed by atoms with Crippen molar-refractivity contribution >= 4 is 10.8 Å². The Morgan fingerprint density at radius 3 is 2.50 bits per heavy atom. The topological polar surface area (TPSA) is 41.5 Å². The van der Waals surface area contributed by atoms with Gasteiger partial charge in [0.1, 0.15) is 5.75 Å². The lowest BCUT2D eigenvalue weighted by atomic mass is 10.1. The summed E-state index contributed by atoms with van der Waals surface area (Å²) in [6, 6.07) is 12.9. The Morgan fingerprint density at radius 1 is 1.10 bits per heavy atom. The highest BCUT2D eigenvalue weighted by molar-refractivity contribution is 5.84. The van der Waals surface area contributed by atoms with Crippen molar-refractivity contribution in [2.45, 2.75) is 39.0 Å². The van der Waals surface area contributed by atoms with Crippen molar-refractivity contribution < 1.29 is 9.84 Å². The Bertz CT molecular complexity index is 566. The lowest BCUT2D eigenvalue weighted by molar-refractivity contribution is 0.170. The Labute approximate surface area is 120 Å². The molecule has 0 amide bonds. The minimum absolute atomic E-state index is 0.262. The minimum Gasteiger partial charge on any atom is -0.497 e. The first-order valence-electron chi connectivity index (χ1n) is 7.06. The van der Waals surface area contributed by atoms with Crippen molar-refractivity contribution in [3.8, 4) is 5.75 Å². The molecular weight excluding hydrogens is 250 g/mol. The average Bonchev–Trinajstić information content (AvgIpc) is 2.43. The molecule has 3 heteroatoms. The number of fused-ring (bicyclic) bond motifs is 1. The smallest absolute Gasteiger partial charge is 0.119 e. The van der Waals surface area contributed by atoms with Gasteiger partial charge in [0.2, 0.25) is 0 Å². The molecule has 0 bridgehead atoms. The van der Waals surface area contributed by atoms with E-state index in [9.17, 15) is 5.11 Å². The number of nitrogens with one attached hydrogen (secondary N) is 1. The van der Waals surface area contributed by atoms with E-state index >= 15 is 0 Å². The fraction of sp³-hybridized carbons (Fsp3) is 0.412. The molecule has 2 aromatic rings. The van der Waals surface area contributed by atoms with Gasteiger partial charge in [-0.1, -0.05) is 18.2 Å². The number of methoxy groups -OCH3 is 1. The molecule has 3 nitrogen and oxygen atoms in total. The second kappa shape index (κ2) is 6.73. The van der Waals surface area contributed by atoms with Crippen molar-refractivity contribution in [3.63, 3.8) is 0 Å². The molecule has 20 heavy (non-hydrogen) atoms. The van der Waals surface area contributed by atoms with Gasteiger partial charge >= 0.3 is 0 Å². The number of aliphatic hydroxyl groups excluding tert-OH is 1. The normalized spacial score (nSPS) is 14.2. The Kier molecular flexibility index (Phi) is 4.99. The van der Waals surface area contributed by atoms with Crippen LogP contribution in [0.2, 0.25) is 0 Å². The largest absolute Gasteiger partial charge is 0.497 e. The predicted molar refractivity (Wildman–Crippen MR) is 83.1 cm³/mol. The maximum Gasteiger partial charge on any atom is 0.119 e. The first-order chi connectivity index (χ1) is 9.58. The molecule has 2 aromatic carbocycles. The van der Waals surface area contributed by atoms with Gasteiger partial charge in [-0.25, -0.2) is 0 Å². The second-order valence-electron chi connectivity index (χ2n) is 5.41. The van der Waals surface area contributed by atoms with Crippen LogP contribution in [0, 0.1) is 0 Å². The molecule has 0 aliphatic carbocycles. The molecule has 2 unspecified atom stereocenters. The molecular formula is C17H23NO2. The fourth-order valence-corrected chi connectivity index (χ4v) is 2.40. The Balaban J connectivity index is 2.04. The summed E-state index contributed by atoms with van der Waals surface area (Å²) in [6.45, 7) is 4.73. The average molecular weight is 273 g/mol. The Morgan fingerprint density at radius 2 is 1.80 bits per heavy atom. The first kappa shape index (κ1) is 14.8. The summed E-state index contributed by atoms with van der Waals surface area (Å²) in [4.78, 5) is 0. The Hall–Kier alpha value is -1.58. The van der Waals surface area contributed by atoms with E-state index in [1.165, 1.54) is 16.3 Å². The molecule has 0 fully saturated rings. The monoisotopic (exact) mass is 273 g/mol. The number of hydrogen-bond acceptors (Lipinski definition) is 3. The zero-order valence-electron chi connectivity index (χ0n) is 12.4. The number of rotatable bonds is 6. The van der Waals surface area contributed by atoms with Crippen molar-refractivity contribution in [2.75, 3.05) is 7.11 Å². The van der Waals surface area contributed by atoms with Crippen LogP contribution in [0.15, 0.2) is 36.4 Å². The number of hydrogen-bond donors (Lipinski definition) is 2. The highest BCUT2D eigenvalue weighted by Gasteiger charge is 2.05. The van der Waals surface area contributed by atoms with Crippen LogP contribution in [0.3, 0.4) is 0 Å². The number of benzene rings is 2. The van der Waals surface area contributed by atoms with E-state index in [0.29, 0.717) is 6.04 Å². The molecule has 2 rings (SSSR count). The summed E-state index contributed by atoms with van der Waals surface area (Å²) in [7, 11) is 1.68. The van der Waals surface area contributed by atoms with E-state index in [1.807, 2.05) is 19.1 Å². The predicted octanol–water partition coefficient (Wildman–Crippen LogP) is 3.10. The van der Waals surface area contributed by atoms with Crippen molar-refractivity contribution in [1.82, 2.24) is 5.32 Å². The molecule has 0 aliphatic rings. The van der Waals surface area contributed by atoms with E-state index in [4.69, 9.17) is 4.74 Å². The summed E-state index contributed by atoms with van der Waals surface area (Å²) in [6.07, 6.45) is 0.506. The van der Waals surface area contributed by atoms with Crippen LogP contribution in [-0.2, 0) is 6.54 Å².